The lowest BCUT2D eigenvalue weighted by Gasteiger charge is -2.34. The van der Waals surface area contributed by atoms with Gasteiger partial charge in [-0.3, -0.25) is 4.99 Å². The van der Waals surface area contributed by atoms with E-state index in [0.29, 0.717) is 18.7 Å². The van der Waals surface area contributed by atoms with Crippen molar-refractivity contribution in [2.45, 2.75) is 51.8 Å². The van der Waals surface area contributed by atoms with Gasteiger partial charge in [0, 0.05) is 18.6 Å². The van der Waals surface area contributed by atoms with Crippen LogP contribution in [0.3, 0.4) is 0 Å². The van der Waals surface area contributed by atoms with Gasteiger partial charge in [0.15, 0.2) is 0 Å². The van der Waals surface area contributed by atoms with Crippen molar-refractivity contribution < 1.29 is 9.13 Å². The highest BCUT2D eigenvalue weighted by Crippen LogP contribution is 2.54. The minimum atomic E-state index is -1.63. The summed E-state index contributed by atoms with van der Waals surface area (Å²) in [5.41, 5.74) is -1.21. The Labute approximate surface area is 114 Å². The van der Waals surface area contributed by atoms with E-state index in [-0.39, 0.29) is 11.8 Å². The Morgan fingerprint density at radius 3 is 2.84 bits per heavy atom. The van der Waals surface area contributed by atoms with Gasteiger partial charge in [0.1, 0.15) is 11.4 Å². The number of nitrogens with zero attached hydrogens (tertiary/aromatic N) is 2. The summed E-state index contributed by atoms with van der Waals surface area (Å²) in [5, 5.41) is 8.73. The fourth-order valence-corrected chi connectivity index (χ4v) is 2.61. The number of allylic oxidation sites excluding steroid dienone is 1. The predicted molar refractivity (Wildman–Crippen MR) is 72.6 cm³/mol. The number of halogens is 1. The van der Waals surface area contributed by atoms with Gasteiger partial charge in [-0.1, -0.05) is 0 Å². The molecule has 1 fully saturated rings. The summed E-state index contributed by atoms with van der Waals surface area (Å²) in [6.07, 6.45) is 2.54. The Bertz CT molecular complexity index is 470. The minimum Gasteiger partial charge on any atom is -0.489 e. The van der Waals surface area contributed by atoms with Crippen molar-refractivity contribution in [1.82, 2.24) is 0 Å². The molecule has 3 nitrogen and oxygen atoms in total. The first-order valence-electron chi connectivity index (χ1n) is 6.74. The number of hydrogen-bond donors (Lipinski definition) is 0. The fraction of sp³-hybridized carbons (Fsp3) is 0.733. The molecule has 0 spiro atoms. The summed E-state index contributed by atoms with van der Waals surface area (Å²) < 4.78 is 21.2. The zero-order valence-electron chi connectivity index (χ0n) is 12.0. The molecule has 1 aliphatic heterocycles. The van der Waals surface area contributed by atoms with E-state index in [9.17, 15) is 0 Å². The smallest absolute Gasteiger partial charge is 0.205 e. The van der Waals surface area contributed by atoms with Crippen LogP contribution in [-0.2, 0) is 4.74 Å². The van der Waals surface area contributed by atoms with Gasteiger partial charge in [-0.15, -0.1) is 0 Å². The minimum absolute atomic E-state index is 0.130. The number of ether oxygens (including phenoxy) is 1. The molecule has 4 heteroatoms. The number of dihydropyridines is 1. The summed E-state index contributed by atoms with van der Waals surface area (Å²) in [6.45, 7) is 8.11. The highest BCUT2D eigenvalue weighted by Gasteiger charge is 2.57. The van der Waals surface area contributed by atoms with Crippen LogP contribution in [0.2, 0.25) is 0 Å². The Balaban J connectivity index is 2.25. The lowest BCUT2D eigenvalue weighted by atomic mass is 9.91. The molecule has 0 bridgehead atoms. The van der Waals surface area contributed by atoms with Crippen LogP contribution in [0, 0.1) is 23.2 Å². The Hall–Kier alpha value is -1.37. The molecule has 1 saturated carbocycles. The Morgan fingerprint density at radius 1 is 1.58 bits per heavy atom. The first-order valence-corrected chi connectivity index (χ1v) is 6.74. The zero-order chi connectivity index (χ0) is 14.3. The third kappa shape index (κ3) is 2.80. The van der Waals surface area contributed by atoms with E-state index in [0.717, 1.165) is 12.0 Å². The van der Waals surface area contributed by atoms with Crippen LogP contribution in [0.25, 0.3) is 0 Å². The molecule has 0 aromatic carbocycles. The van der Waals surface area contributed by atoms with E-state index < -0.39 is 11.3 Å². The van der Waals surface area contributed by atoms with E-state index in [1.54, 1.807) is 0 Å². The summed E-state index contributed by atoms with van der Waals surface area (Å²) in [4.78, 5) is 4.13. The van der Waals surface area contributed by atoms with Crippen LogP contribution < -0.4 is 0 Å². The third-order valence-corrected chi connectivity index (χ3v) is 3.57. The number of aliphatic imine (C=N–C) groups is 1. The van der Waals surface area contributed by atoms with Crippen molar-refractivity contribution in [1.29, 1.82) is 5.26 Å². The molecule has 3 atom stereocenters. The van der Waals surface area contributed by atoms with Crippen LogP contribution in [-0.4, -0.2) is 24.0 Å². The largest absolute Gasteiger partial charge is 0.489 e. The van der Waals surface area contributed by atoms with E-state index in [1.807, 2.05) is 27.7 Å². The lowest BCUT2D eigenvalue weighted by molar-refractivity contribution is 0.00624. The second-order valence-electron chi connectivity index (χ2n) is 6.53. The number of hydrogen-bond acceptors (Lipinski definition) is 3. The van der Waals surface area contributed by atoms with Gasteiger partial charge in [0.05, 0.1) is 12.6 Å². The Morgan fingerprint density at radius 2 is 2.26 bits per heavy atom. The molecule has 0 amide bonds. The molecule has 3 unspecified atom stereocenters. The van der Waals surface area contributed by atoms with Crippen LogP contribution >= 0.6 is 0 Å². The maximum atomic E-state index is 15.3. The van der Waals surface area contributed by atoms with Gasteiger partial charge in [0.25, 0.3) is 0 Å². The summed E-state index contributed by atoms with van der Waals surface area (Å²) in [5.74, 6) is 0.384. The SMILES string of the molecule is CC1=C(OC(C)(C)C)C(F)(C2CC2CC#N)C=NC1. The normalized spacial score (nSPS) is 34.1. The molecule has 0 aromatic heterocycles. The molecule has 2 aliphatic rings. The van der Waals surface area contributed by atoms with Crippen LogP contribution in [0.1, 0.15) is 40.5 Å². The van der Waals surface area contributed by atoms with Crippen molar-refractivity contribution in [2.75, 3.05) is 6.54 Å². The average Bonchev–Trinajstić information content (AvgIpc) is 3.03. The van der Waals surface area contributed by atoms with E-state index in [1.165, 1.54) is 6.21 Å². The molecule has 19 heavy (non-hydrogen) atoms. The highest BCUT2D eigenvalue weighted by atomic mass is 19.1. The van der Waals surface area contributed by atoms with Crippen molar-refractivity contribution in [3.63, 3.8) is 0 Å². The first kappa shape index (κ1) is 14.0. The van der Waals surface area contributed by atoms with Gasteiger partial charge in [-0.25, -0.2) is 4.39 Å². The maximum absolute atomic E-state index is 15.3. The van der Waals surface area contributed by atoms with Crippen LogP contribution in [0.15, 0.2) is 16.3 Å². The van der Waals surface area contributed by atoms with Crippen LogP contribution in [0.5, 0.6) is 0 Å². The van der Waals surface area contributed by atoms with E-state index in [4.69, 9.17) is 10.00 Å². The average molecular weight is 264 g/mol. The molecule has 0 saturated heterocycles. The lowest BCUT2D eigenvalue weighted by Crippen LogP contribution is -2.39. The van der Waals surface area contributed by atoms with Gasteiger partial charge in [-0.05, 0) is 45.6 Å². The van der Waals surface area contributed by atoms with Gasteiger partial charge < -0.3 is 4.74 Å². The summed E-state index contributed by atoms with van der Waals surface area (Å²) in [6, 6.07) is 2.12. The van der Waals surface area contributed by atoms with E-state index in [2.05, 4.69) is 11.1 Å². The summed E-state index contributed by atoms with van der Waals surface area (Å²) >= 11 is 0. The number of nitriles is 1. The van der Waals surface area contributed by atoms with E-state index >= 15 is 4.39 Å². The zero-order valence-corrected chi connectivity index (χ0v) is 12.0. The quantitative estimate of drug-likeness (QED) is 0.784. The third-order valence-electron chi connectivity index (χ3n) is 3.57. The fourth-order valence-electron chi connectivity index (χ4n) is 2.61. The standard InChI is InChI=1S/C15H21FN2O/c1-10-8-18-9-15(16,12-7-11(12)5-6-17)13(10)19-14(2,3)4/h9,11-12H,5,7-8H2,1-4H3. The highest BCUT2D eigenvalue weighted by molar-refractivity contribution is 5.76. The second-order valence-corrected chi connectivity index (χ2v) is 6.53. The maximum Gasteiger partial charge on any atom is 0.205 e. The van der Waals surface area contributed by atoms with Crippen molar-refractivity contribution in [3.05, 3.63) is 11.3 Å². The van der Waals surface area contributed by atoms with Gasteiger partial charge in [0.2, 0.25) is 5.67 Å². The van der Waals surface area contributed by atoms with Crippen molar-refractivity contribution in [2.24, 2.45) is 16.8 Å². The van der Waals surface area contributed by atoms with Crippen molar-refractivity contribution >= 4 is 6.21 Å². The molecular formula is C15H21FN2O. The molecule has 2 rings (SSSR count). The second kappa shape index (κ2) is 4.63. The molecule has 0 aromatic rings. The molecule has 1 heterocycles. The number of alkyl halides is 1. The van der Waals surface area contributed by atoms with Crippen molar-refractivity contribution in [3.8, 4) is 6.07 Å². The molecule has 104 valence electrons. The molecule has 1 aliphatic carbocycles. The monoisotopic (exact) mass is 264 g/mol. The predicted octanol–water partition coefficient (Wildman–Crippen LogP) is 3.42. The molecule has 0 N–H and O–H groups in total. The number of rotatable bonds is 3. The molecular weight excluding hydrogens is 243 g/mol. The van der Waals surface area contributed by atoms with Crippen LogP contribution in [0.4, 0.5) is 4.39 Å². The first-order chi connectivity index (χ1) is 8.78. The molecule has 0 radical (unpaired) electrons. The summed E-state index contributed by atoms with van der Waals surface area (Å²) in [7, 11) is 0. The van der Waals surface area contributed by atoms with Gasteiger partial charge >= 0.3 is 0 Å². The van der Waals surface area contributed by atoms with Gasteiger partial charge in [-0.2, -0.15) is 5.26 Å². The Kier molecular flexibility index (Phi) is 3.42. The topological polar surface area (TPSA) is 45.4 Å².